The fraction of sp³-hybridized carbons (Fsp3) is 0.294. The summed E-state index contributed by atoms with van der Waals surface area (Å²) in [7, 11) is 1.55. The fourth-order valence-electron chi connectivity index (χ4n) is 2.55. The van der Waals surface area contributed by atoms with E-state index in [0.717, 1.165) is 11.8 Å². The van der Waals surface area contributed by atoms with E-state index in [4.69, 9.17) is 22.1 Å². The zero-order valence-electron chi connectivity index (χ0n) is 14.5. The molecule has 1 amide bonds. The predicted molar refractivity (Wildman–Crippen MR) is 109 cm³/mol. The largest absolute Gasteiger partial charge is 0.395 e. The molecule has 10 heteroatoms. The van der Waals surface area contributed by atoms with Gasteiger partial charge in [0.1, 0.15) is 15.8 Å². The summed E-state index contributed by atoms with van der Waals surface area (Å²) in [5, 5.41) is 12.0. The lowest BCUT2D eigenvalue weighted by Crippen LogP contribution is -2.31. The molecule has 2 aromatic heterocycles. The third kappa shape index (κ3) is 4.03. The Balaban J connectivity index is 2.06. The van der Waals surface area contributed by atoms with E-state index in [-0.39, 0.29) is 30.2 Å². The van der Waals surface area contributed by atoms with E-state index in [9.17, 15) is 9.59 Å². The SMILES string of the molecule is COCCN1C(=O)C(=Cc2c(NCCO)nc3ccccn3c2=O)SC1=S. The third-order valence-corrected chi connectivity index (χ3v) is 5.22. The number of carbonyl (C=O) groups excluding carboxylic acids is 1. The number of thiocarbonyl (C=S) groups is 1. The summed E-state index contributed by atoms with van der Waals surface area (Å²) >= 11 is 6.39. The number of aliphatic hydroxyl groups excluding tert-OH is 1. The normalized spacial score (nSPS) is 15.9. The van der Waals surface area contributed by atoms with Gasteiger partial charge in [0.05, 0.1) is 30.2 Å². The van der Waals surface area contributed by atoms with Gasteiger partial charge in [-0.25, -0.2) is 4.98 Å². The van der Waals surface area contributed by atoms with Gasteiger partial charge in [-0.2, -0.15) is 0 Å². The van der Waals surface area contributed by atoms with Crippen molar-refractivity contribution in [2.45, 2.75) is 0 Å². The standard InChI is InChI=1S/C17H18N4O4S2/c1-25-9-7-21-16(24)12(27-17(21)26)10-11-14(18-5-8-22)19-13-4-2-3-6-20(13)15(11)23/h2-4,6,10,18,22H,5,7-9H2,1H3. The van der Waals surface area contributed by atoms with Crippen molar-refractivity contribution < 1.29 is 14.6 Å². The molecule has 3 rings (SSSR count). The van der Waals surface area contributed by atoms with Gasteiger partial charge in [-0.15, -0.1) is 0 Å². The fourth-order valence-corrected chi connectivity index (χ4v) is 3.84. The van der Waals surface area contributed by atoms with Crippen LogP contribution in [0.4, 0.5) is 5.82 Å². The minimum atomic E-state index is -0.316. The van der Waals surface area contributed by atoms with Crippen LogP contribution in [0.1, 0.15) is 5.56 Å². The molecule has 0 unspecified atom stereocenters. The molecular formula is C17H18N4O4S2. The topological polar surface area (TPSA) is 96.2 Å². The van der Waals surface area contributed by atoms with Gasteiger partial charge in [-0.05, 0) is 18.2 Å². The molecule has 1 fully saturated rings. The van der Waals surface area contributed by atoms with E-state index in [2.05, 4.69) is 10.3 Å². The highest BCUT2D eigenvalue weighted by atomic mass is 32.2. The number of pyridine rings is 1. The quantitative estimate of drug-likeness (QED) is 0.518. The Morgan fingerprint density at radius 2 is 2.22 bits per heavy atom. The number of methoxy groups -OCH3 is 1. The molecular weight excluding hydrogens is 388 g/mol. The number of fused-ring (bicyclic) bond motifs is 1. The van der Waals surface area contributed by atoms with E-state index in [0.29, 0.717) is 33.8 Å². The van der Waals surface area contributed by atoms with Crippen LogP contribution in [0, 0.1) is 0 Å². The van der Waals surface area contributed by atoms with Gasteiger partial charge in [-0.1, -0.05) is 30.0 Å². The number of thioether (sulfide) groups is 1. The van der Waals surface area contributed by atoms with Crippen LogP contribution in [0.5, 0.6) is 0 Å². The van der Waals surface area contributed by atoms with Crippen LogP contribution in [-0.2, 0) is 9.53 Å². The van der Waals surface area contributed by atoms with Gasteiger partial charge in [0.15, 0.2) is 0 Å². The van der Waals surface area contributed by atoms with E-state index in [1.165, 1.54) is 15.4 Å². The minimum Gasteiger partial charge on any atom is -0.395 e. The summed E-state index contributed by atoms with van der Waals surface area (Å²) in [6.45, 7) is 0.825. The molecule has 142 valence electrons. The van der Waals surface area contributed by atoms with Crippen molar-refractivity contribution in [3.05, 3.63) is 45.2 Å². The van der Waals surface area contributed by atoms with E-state index >= 15 is 0 Å². The Morgan fingerprint density at radius 1 is 1.41 bits per heavy atom. The van der Waals surface area contributed by atoms with Gasteiger partial charge in [-0.3, -0.25) is 18.9 Å². The molecule has 0 spiro atoms. The molecule has 0 atom stereocenters. The third-order valence-electron chi connectivity index (χ3n) is 3.84. The number of anilines is 1. The Bertz CT molecular complexity index is 973. The molecule has 1 saturated heterocycles. The van der Waals surface area contributed by atoms with E-state index in [1.807, 2.05) is 0 Å². The molecule has 0 aliphatic carbocycles. The lowest BCUT2D eigenvalue weighted by atomic mass is 10.2. The lowest BCUT2D eigenvalue weighted by Gasteiger charge is -2.13. The molecule has 3 heterocycles. The van der Waals surface area contributed by atoms with Crippen molar-refractivity contribution in [2.75, 3.05) is 38.7 Å². The number of hydrogen-bond acceptors (Lipinski definition) is 8. The number of rotatable bonds is 7. The second kappa shape index (κ2) is 8.61. The molecule has 0 bridgehead atoms. The molecule has 8 nitrogen and oxygen atoms in total. The first-order valence-corrected chi connectivity index (χ1v) is 9.39. The van der Waals surface area contributed by atoms with Crippen molar-refractivity contribution >= 4 is 51.7 Å². The van der Waals surface area contributed by atoms with Crippen LogP contribution < -0.4 is 10.9 Å². The summed E-state index contributed by atoms with van der Waals surface area (Å²) in [4.78, 5) is 31.8. The van der Waals surface area contributed by atoms with Crippen molar-refractivity contribution in [2.24, 2.45) is 0 Å². The van der Waals surface area contributed by atoms with Gasteiger partial charge in [0.25, 0.3) is 11.5 Å². The molecule has 1 aliphatic heterocycles. The first-order chi connectivity index (χ1) is 13.1. The zero-order valence-corrected chi connectivity index (χ0v) is 16.2. The monoisotopic (exact) mass is 406 g/mol. The number of nitrogens with zero attached hydrogens (tertiary/aromatic N) is 3. The molecule has 27 heavy (non-hydrogen) atoms. The Hall–Kier alpha value is -2.27. The second-order valence-electron chi connectivity index (χ2n) is 5.58. The van der Waals surface area contributed by atoms with Crippen molar-refractivity contribution in [3.63, 3.8) is 0 Å². The number of nitrogens with one attached hydrogen (secondary N) is 1. The number of carbonyl (C=O) groups is 1. The number of hydrogen-bond donors (Lipinski definition) is 2. The Kier molecular flexibility index (Phi) is 6.22. The maximum absolute atomic E-state index is 12.9. The van der Waals surface area contributed by atoms with Crippen molar-refractivity contribution in [1.29, 1.82) is 0 Å². The average Bonchev–Trinajstić information content (AvgIpc) is 2.94. The van der Waals surface area contributed by atoms with E-state index < -0.39 is 0 Å². The first-order valence-electron chi connectivity index (χ1n) is 8.17. The molecule has 2 N–H and O–H groups in total. The minimum absolute atomic E-state index is 0.117. The second-order valence-corrected chi connectivity index (χ2v) is 7.26. The van der Waals surface area contributed by atoms with Crippen molar-refractivity contribution in [3.8, 4) is 0 Å². The van der Waals surface area contributed by atoms with Gasteiger partial charge in [0, 0.05) is 19.9 Å². The smallest absolute Gasteiger partial charge is 0.267 e. The Morgan fingerprint density at radius 3 is 2.96 bits per heavy atom. The lowest BCUT2D eigenvalue weighted by molar-refractivity contribution is -0.122. The van der Waals surface area contributed by atoms with E-state index in [1.54, 1.807) is 31.5 Å². The van der Waals surface area contributed by atoms with Gasteiger partial charge in [0.2, 0.25) is 0 Å². The van der Waals surface area contributed by atoms with Crippen LogP contribution in [0.25, 0.3) is 11.7 Å². The summed E-state index contributed by atoms with van der Waals surface area (Å²) in [6, 6.07) is 5.21. The van der Waals surface area contributed by atoms with Gasteiger partial charge < -0.3 is 15.2 Å². The highest BCUT2D eigenvalue weighted by Gasteiger charge is 2.32. The van der Waals surface area contributed by atoms with Crippen LogP contribution in [-0.4, -0.2) is 63.0 Å². The first kappa shape index (κ1) is 19.5. The molecule has 0 saturated carbocycles. The molecule has 2 aromatic rings. The molecule has 1 aliphatic rings. The predicted octanol–water partition coefficient (Wildman–Crippen LogP) is 0.946. The highest BCUT2D eigenvalue weighted by molar-refractivity contribution is 8.26. The number of amides is 1. The summed E-state index contributed by atoms with van der Waals surface area (Å²) in [5.74, 6) is 0.0372. The number of ether oxygens (including phenoxy) is 1. The zero-order chi connectivity index (χ0) is 19.4. The summed E-state index contributed by atoms with van der Waals surface area (Å²) in [6.07, 6.45) is 3.11. The van der Waals surface area contributed by atoms with Crippen LogP contribution in [0.2, 0.25) is 0 Å². The summed E-state index contributed by atoms with van der Waals surface area (Å²) in [5.41, 5.74) is 0.385. The highest BCUT2D eigenvalue weighted by Crippen LogP contribution is 2.32. The van der Waals surface area contributed by atoms with Crippen LogP contribution >= 0.6 is 24.0 Å². The number of aromatic nitrogens is 2. The van der Waals surface area contributed by atoms with Gasteiger partial charge >= 0.3 is 0 Å². The maximum Gasteiger partial charge on any atom is 0.267 e. The average molecular weight is 406 g/mol. The maximum atomic E-state index is 12.9. The van der Waals surface area contributed by atoms with Crippen LogP contribution in [0.3, 0.4) is 0 Å². The number of aliphatic hydroxyl groups is 1. The molecule has 0 radical (unpaired) electrons. The van der Waals surface area contributed by atoms with Crippen LogP contribution in [0.15, 0.2) is 34.1 Å². The molecule has 0 aromatic carbocycles. The summed E-state index contributed by atoms with van der Waals surface area (Å²) < 4.78 is 6.83. The Labute approximate surface area is 164 Å². The van der Waals surface area contributed by atoms with Crippen molar-refractivity contribution in [1.82, 2.24) is 14.3 Å².